The molecule has 2 aromatic heterocycles. The fourth-order valence-electron chi connectivity index (χ4n) is 4.65. The van der Waals surface area contributed by atoms with E-state index in [9.17, 15) is 9.59 Å². The molecule has 0 aliphatic carbocycles. The number of piperidine rings is 1. The highest BCUT2D eigenvalue weighted by Crippen LogP contribution is 2.24. The number of hydrogen-bond donors (Lipinski definition) is 1. The maximum absolute atomic E-state index is 13.5. The number of aromatic nitrogens is 3. The lowest BCUT2D eigenvalue weighted by molar-refractivity contribution is -0.126. The molecule has 2 aliphatic rings. The first-order valence-electron chi connectivity index (χ1n) is 11.7. The van der Waals surface area contributed by atoms with Crippen molar-refractivity contribution >= 4 is 11.8 Å². The van der Waals surface area contributed by atoms with Gasteiger partial charge in [0.05, 0.1) is 18.0 Å². The molecule has 2 aliphatic heterocycles. The van der Waals surface area contributed by atoms with Gasteiger partial charge in [0.25, 0.3) is 5.91 Å². The standard InChI is InChI=1S/C25H29N5O3/c31-23(26-17-21-9-6-16-33-21)19-10-14-29(15-11-19)25(32)22-18-27-30(20-7-2-1-3-8-20)24(22)28-12-4-5-13-28/h1-5,7-8,12-13,18-19,21H,6,9-11,14-17H2,(H,26,31)/t21-/m0/s1. The van der Waals surface area contributed by atoms with Crippen molar-refractivity contribution in [1.29, 1.82) is 0 Å². The van der Waals surface area contributed by atoms with E-state index in [0.717, 1.165) is 25.1 Å². The number of carbonyl (C=O) groups is 2. The molecule has 0 unspecified atom stereocenters. The Labute approximate surface area is 193 Å². The fourth-order valence-corrected chi connectivity index (χ4v) is 4.65. The summed E-state index contributed by atoms with van der Waals surface area (Å²) in [5.41, 5.74) is 1.44. The van der Waals surface area contributed by atoms with Crippen LogP contribution in [0.25, 0.3) is 11.5 Å². The van der Waals surface area contributed by atoms with Crippen molar-refractivity contribution in [3.63, 3.8) is 0 Å². The highest BCUT2D eigenvalue weighted by molar-refractivity contribution is 5.97. The average Bonchev–Trinajstić information content (AvgIpc) is 3.64. The minimum absolute atomic E-state index is 0.0564. The highest BCUT2D eigenvalue weighted by atomic mass is 16.5. The summed E-state index contributed by atoms with van der Waals surface area (Å²) in [6.07, 6.45) is 9.01. The van der Waals surface area contributed by atoms with E-state index in [2.05, 4.69) is 10.4 Å². The van der Waals surface area contributed by atoms with Gasteiger partial charge in [0.15, 0.2) is 5.82 Å². The quantitative estimate of drug-likeness (QED) is 0.630. The smallest absolute Gasteiger partial charge is 0.259 e. The molecule has 8 nitrogen and oxygen atoms in total. The number of carbonyl (C=O) groups excluding carboxylic acids is 2. The van der Waals surface area contributed by atoms with Crippen LogP contribution in [-0.4, -0.2) is 63.4 Å². The van der Waals surface area contributed by atoms with Crippen LogP contribution in [0, 0.1) is 5.92 Å². The van der Waals surface area contributed by atoms with Crippen LogP contribution in [0.1, 0.15) is 36.0 Å². The van der Waals surface area contributed by atoms with Gasteiger partial charge >= 0.3 is 0 Å². The SMILES string of the molecule is O=C(NC[C@@H]1CCCO1)C1CCN(C(=O)c2cnn(-c3ccccc3)c2-n2cccc2)CC1. The van der Waals surface area contributed by atoms with Crippen LogP contribution in [0.2, 0.25) is 0 Å². The van der Waals surface area contributed by atoms with E-state index >= 15 is 0 Å². The van der Waals surface area contributed by atoms with Gasteiger partial charge in [-0.05, 0) is 49.9 Å². The summed E-state index contributed by atoms with van der Waals surface area (Å²) in [7, 11) is 0. The monoisotopic (exact) mass is 447 g/mol. The molecule has 3 aromatic rings. The topological polar surface area (TPSA) is 81.4 Å². The zero-order valence-electron chi connectivity index (χ0n) is 18.6. The van der Waals surface area contributed by atoms with Crippen LogP contribution in [-0.2, 0) is 9.53 Å². The fraction of sp³-hybridized carbons (Fsp3) is 0.400. The van der Waals surface area contributed by atoms with Gasteiger partial charge in [-0.2, -0.15) is 5.10 Å². The van der Waals surface area contributed by atoms with Crippen LogP contribution in [0.3, 0.4) is 0 Å². The van der Waals surface area contributed by atoms with E-state index in [1.807, 2.05) is 64.3 Å². The highest BCUT2D eigenvalue weighted by Gasteiger charge is 2.31. The number of rotatable bonds is 6. The molecule has 2 fully saturated rings. The van der Waals surface area contributed by atoms with E-state index < -0.39 is 0 Å². The van der Waals surface area contributed by atoms with Gasteiger partial charge in [-0.15, -0.1) is 0 Å². The molecule has 4 heterocycles. The number of nitrogens with zero attached hydrogens (tertiary/aromatic N) is 4. The van der Waals surface area contributed by atoms with Crippen molar-refractivity contribution in [3.05, 3.63) is 66.6 Å². The second-order valence-corrected chi connectivity index (χ2v) is 8.67. The molecule has 0 radical (unpaired) electrons. The van der Waals surface area contributed by atoms with Crippen LogP contribution in [0.5, 0.6) is 0 Å². The summed E-state index contributed by atoms with van der Waals surface area (Å²) in [6, 6.07) is 13.6. The molecule has 5 rings (SSSR count). The Morgan fingerprint density at radius 1 is 1.03 bits per heavy atom. The number of amides is 2. The zero-order chi connectivity index (χ0) is 22.6. The van der Waals surface area contributed by atoms with E-state index in [-0.39, 0.29) is 23.8 Å². The lowest BCUT2D eigenvalue weighted by Gasteiger charge is -2.31. The lowest BCUT2D eigenvalue weighted by atomic mass is 9.95. The van der Waals surface area contributed by atoms with Crippen molar-refractivity contribution in [2.45, 2.75) is 31.8 Å². The van der Waals surface area contributed by atoms with E-state index in [1.165, 1.54) is 0 Å². The zero-order valence-corrected chi connectivity index (χ0v) is 18.6. The maximum atomic E-state index is 13.5. The van der Waals surface area contributed by atoms with Crippen molar-refractivity contribution in [3.8, 4) is 11.5 Å². The maximum Gasteiger partial charge on any atom is 0.259 e. The number of nitrogens with one attached hydrogen (secondary N) is 1. The van der Waals surface area contributed by atoms with Gasteiger partial charge in [0.2, 0.25) is 5.91 Å². The molecule has 172 valence electrons. The molecule has 8 heteroatoms. The first-order valence-corrected chi connectivity index (χ1v) is 11.7. The third kappa shape index (κ3) is 4.57. The Hall–Kier alpha value is -3.39. The Bertz CT molecular complexity index is 1080. The largest absolute Gasteiger partial charge is 0.376 e. The number of benzene rings is 1. The van der Waals surface area contributed by atoms with Gasteiger partial charge in [-0.1, -0.05) is 18.2 Å². The van der Waals surface area contributed by atoms with Gasteiger partial charge in [-0.25, -0.2) is 4.68 Å². The number of hydrogen-bond acceptors (Lipinski definition) is 4. The van der Waals surface area contributed by atoms with E-state index in [4.69, 9.17) is 4.74 Å². The number of likely N-dealkylation sites (tertiary alicyclic amines) is 1. The minimum atomic E-state index is -0.0635. The van der Waals surface area contributed by atoms with Crippen molar-refractivity contribution in [1.82, 2.24) is 24.6 Å². The predicted molar refractivity (Wildman–Crippen MR) is 124 cm³/mol. The van der Waals surface area contributed by atoms with Gasteiger partial charge in [0.1, 0.15) is 5.56 Å². The average molecular weight is 448 g/mol. The van der Waals surface area contributed by atoms with Gasteiger partial charge < -0.3 is 19.5 Å². The summed E-state index contributed by atoms with van der Waals surface area (Å²) >= 11 is 0. The molecular formula is C25H29N5O3. The molecule has 0 saturated carbocycles. The molecular weight excluding hydrogens is 418 g/mol. The molecule has 1 aromatic carbocycles. The van der Waals surface area contributed by atoms with E-state index in [0.29, 0.717) is 43.9 Å². The summed E-state index contributed by atoms with van der Waals surface area (Å²) < 4.78 is 9.29. The Morgan fingerprint density at radius 2 is 1.79 bits per heavy atom. The van der Waals surface area contributed by atoms with Crippen LogP contribution in [0.15, 0.2) is 61.1 Å². The van der Waals surface area contributed by atoms with Crippen LogP contribution in [0.4, 0.5) is 0 Å². The lowest BCUT2D eigenvalue weighted by Crippen LogP contribution is -2.44. The number of ether oxygens (including phenoxy) is 1. The van der Waals surface area contributed by atoms with Gasteiger partial charge in [-0.3, -0.25) is 9.59 Å². The summed E-state index contributed by atoms with van der Waals surface area (Å²) in [5.74, 6) is 0.667. The first-order chi connectivity index (χ1) is 16.2. The molecule has 1 atom stereocenters. The second kappa shape index (κ2) is 9.62. The molecule has 33 heavy (non-hydrogen) atoms. The van der Waals surface area contributed by atoms with Crippen molar-refractivity contribution < 1.29 is 14.3 Å². The normalized spacial score (nSPS) is 19.0. The van der Waals surface area contributed by atoms with Crippen molar-refractivity contribution in [2.75, 3.05) is 26.2 Å². The third-order valence-electron chi connectivity index (χ3n) is 6.50. The van der Waals surface area contributed by atoms with Crippen LogP contribution < -0.4 is 5.32 Å². The van der Waals surface area contributed by atoms with E-state index in [1.54, 1.807) is 10.9 Å². The van der Waals surface area contributed by atoms with Gasteiger partial charge in [0, 0.05) is 44.6 Å². The minimum Gasteiger partial charge on any atom is -0.376 e. The van der Waals surface area contributed by atoms with Crippen molar-refractivity contribution in [2.24, 2.45) is 5.92 Å². The molecule has 2 amide bonds. The molecule has 2 saturated heterocycles. The first kappa shape index (κ1) is 21.5. The predicted octanol–water partition coefficient (Wildman–Crippen LogP) is 2.81. The third-order valence-corrected chi connectivity index (χ3v) is 6.50. The molecule has 1 N–H and O–H groups in total. The molecule has 0 bridgehead atoms. The Kier molecular flexibility index (Phi) is 6.26. The number of para-hydroxylation sites is 1. The second-order valence-electron chi connectivity index (χ2n) is 8.67. The summed E-state index contributed by atoms with van der Waals surface area (Å²) in [4.78, 5) is 27.9. The van der Waals surface area contributed by atoms with Crippen LogP contribution >= 0.6 is 0 Å². The Balaban J connectivity index is 1.27. The Morgan fingerprint density at radius 3 is 2.48 bits per heavy atom. The summed E-state index contributed by atoms with van der Waals surface area (Å²) in [5, 5.41) is 7.57. The molecule has 0 spiro atoms. The summed E-state index contributed by atoms with van der Waals surface area (Å²) in [6.45, 7) is 2.47.